The standard InChI is InChI=1S/C32H43ClN2O6/c1-5-8-12-21-40-30(39)25-24-28(37)35(19-10-9-11-20-36)27(32(24)17-16-31(25,7-3)41-32)29(38)34(18-6-2)26-22(4)14-13-15-23(26)33/h5-6,13-15,24-25,27,36H,1-2,7-12,16-21H2,3-4H3/t24-,25+,27?,31-,32?/m0/s1. The first kappa shape index (κ1) is 31.3. The topological polar surface area (TPSA) is 96.4 Å². The Labute approximate surface area is 248 Å². The van der Waals surface area contributed by atoms with E-state index in [4.69, 9.17) is 21.1 Å². The van der Waals surface area contributed by atoms with Crippen LogP contribution in [0.3, 0.4) is 0 Å². The first-order valence-corrected chi connectivity index (χ1v) is 15.2. The van der Waals surface area contributed by atoms with E-state index in [0.717, 1.165) is 12.0 Å². The number of anilines is 1. The molecule has 8 nitrogen and oxygen atoms in total. The van der Waals surface area contributed by atoms with Crippen molar-refractivity contribution in [1.82, 2.24) is 4.90 Å². The highest BCUT2D eigenvalue weighted by molar-refractivity contribution is 6.34. The van der Waals surface area contributed by atoms with Gasteiger partial charge in [0.25, 0.3) is 5.91 Å². The van der Waals surface area contributed by atoms with Crippen LogP contribution in [-0.4, -0.2) is 71.3 Å². The second-order valence-electron chi connectivity index (χ2n) is 11.4. The molecule has 0 saturated carbocycles. The molecule has 1 aromatic rings. The van der Waals surface area contributed by atoms with Gasteiger partial charge in [-0.05, 0) is 69.9 Å². The van der Waals surface area contributed by atoms with E-state index in [1.165, 1.54) is 0 Å². The Bertz CT molecular complexity index is 1150. The number of ether oxygens (including phenoxy) is 2. The van der Waals surface area contributed by atoms with E-state index in [0.29, 0.717) is 62.2 Å². The second-order valence-corrected chi connectivity index (χ2v) is 11.8. The van der Waals surface area contributed by atoms with Crippen molar-refractivity contribution in [2.24, 2.45) is 11.8 Å². The number of para-hydroxylation sites is 1. The van der Waals surface area contributed by atoms with Gasteiger partial charge in [-0.15, -0.1) is 13.2 Å². The van der Waals surface area contributed by atoms with Gasteiger partial charge in [-0.2, -0.15) is 0 Å². The average Bonchev–Trinajstić information content (AvgIpc) is 3.56. The molecule has 3 heterocycles. The molecule has 2 bridgehead atoms. The molecule has 2 amide bonds. The summed E-state index contributed by atoms with van der Waals surface area (Å²) in [5.74, 6) is -2.58. The number of halogens is 1. The zero-order chi connectivity index (χ0) is 29.8. The molecule has 0 aromatic heterocycles. The zero-order valence-electron chi connectivity index (χ0n) is 24.3. The van der Waals surface area contributed by atoms with Crippen molar-refractivity contribution < 1.29 is 29.0 Å². The lowest BCUT2D eigenvalue weighted by molar-refractivity contribution is -0.161. The maximum Gasteiger partial charge on any atom is 0.312 e. The Morgan fingerprint density at radius 2 is 2.00 bits per heavy atom. The molecule has 9 heteroatoms. The first-order chi connectivity index (χ1) is 19.7. The van der Waals surface area contributed by atoms with Gasteiger partial charge in [0.05, 0.1) is 28.8 Å². The number of hydrogen-bond acceptors (Lipinski definition) is 6. The van der Waals surface area contributed by atoms with E-state index in [-0.39, 0.29) is 31.6 Å². The summed E-state index contributed by atoms with van der Waals surface area (Å²) in [4.78, 5) is 45.9. The number of likely N-dealkylation sites (tertiary alicyclic amines) is 1. The van der Waals surface area contributed by atoms with Gasteiger partial charge in [0.2, 0.25) is 5.91 Å². The van der Waals surface area contributed by atoms with Crippen molar-refractivity contribution in [3.63, 3.8) is 0 Å². The fourth-order valence-corrected chi connectivity index (χ4v) is 7.51. The van der Waals surface area contributed by atoms with Crippen LogP contribution in [0, 0.1) is 18.8 Å². The Hall–Kier alpha value is -2.68. The van der Waals surface area contributed by atoms with Crippen LogP contribution in [0.15, 0.2) is 43.5 Å². The number of unbranched alkanes of at least 4 members (excludes halogenated alkanes) is 3. The molecule has 3 aliphatic heterocycles. The molecule has 1 aromatic carbocycles. The number of aryl methyl sites for hydroxylation is 1. The minimum absolute atomic E-state index is 0.0592. The Morgan fingerprint density at radius 1 is 1.22 bits per heavy atom. The maximum absolute atomic E-state index is 14.7. The Balaban J connectivity index is 1.76. The summed E-state index contributed by atoms with van der Waals surface area (Å²) in [5, 5.41) is 9.72. The van der Waals surface area contributed by atoms with Crippen molar-refractivity contribution >= 4 is 35.1 Å². The molecular formula is C32H43ClN2O6. The predicted octanol–water partition coefficient (Wildman–Crippen LogP) is 4.99. The molecule has 41 heavy (non-hydrogen) atoms. The molecule has 3 saturated heterocycles. The lowest BCUT2D eigenvalue weighted by atomic mass is 9.65. The number of aliphatic hydroxyl groups is 1. The third-order valence-electron chi connectivity index (χ3n) is 9.06. The van der Waals surface area contributed by atoms with Crippen molar-refractivity contribution in [3.8, 4) is 0 Å². The van der Waals surface area contributed by atoms with Crippen LogP contribution in [-0.2, 0) is 23.9 Å². The van der Waals surface area contributed by atoms with E-state index >= 15 is 0 Å². The normalized spacial score (nSPS) is 28.0. The molecule has 2 unspecified atom stereocenters. The molecule has 1 spiro atoms. The van der Waals surface area contributed by atoms with E-state index in [1.54, 1.807) is 28.0 Å². The van der Waals surface area contributed by atoms with Gasteiger partial charge >= 0.3 is 5.97 Å². The van der Waals surface area contributed by atoms with Gasteiger partial charge in [-0.25, -0.2) is 0 Å². The number of amides is 2. The van der Waals surface area contributed by atoms with Crippen LogP contribution in [0.5, 0.6) is 0 Å². The highest BCUT2D eigenvalue weighted by atomic mass is 35.5. The minimum atomic E-state index is -1.15. The fourth-order valence-electron chi connectivity index (χ4n) is 7.19. The lowest BCUT2D eigenvalue weighted by Gasteiger charge is -2.37. The third-order valence-corrected chi connectivity index (χ3v) is 9.36. The number of fused-ring (bicyclic) bond motifs is 1. The molecule has 5 atom stereocenters. The average molecular weight is 587 g/mol. The Morgan fingerprint density at radius 3 is 2.66 bits per heavy atom. The molecule has 0 aliphatic carbocycles. The summed E-state index contributed by atoms with van der Waals surface area (Å²) in [6.07, 6.45) is 8.29. The van der Waals surface area contributed by atoms with Crippen molar-refractivity contribution in [1.29, 1.82) is 0 Å². The highest BCUT2D eigenvalue weighted by Gasteiger charge is 2.79. The molecule has 4 rings (SSSR count). The van der Waals surface area contributed by atoms with Gasteiger partial charge in [0.15, 0.2) is 0 Å². The minimum Gasteiger partial charge on any atom is -0.465 e. The largest absolute Gasteiger partial charge is 0.465 e. The molecule has 0 radical (unpaired) electrons. The van der Waals surface area contributed by atoms with Crippen molar-refractivity contribution in [2.45, 2.75) is 82.5 Å². The van der Waals surface area contributed by atoms with Crippen LogP contribution >= 0.6 is 11.6 Å². The van der Waals surface area contributed by atoms with Crippen LogP contribution in [0.2, 0.25) is 5.02 Å². The predicted molar refractivity (Wildman–Crippen MR) is 159 cm³/mol. The van der Waals surface area contributed by atoms with Crippen LogP contribution in [0.4, 0.5) is 5.69 Å². The monoisotopic (exact) mass is 586 g/mol. The summed E-state index contributed by atoms with van der Waals surface area (Å²) in [6, 6.07) is 4.52. The molecule has 1 N–H and O–H groups in total. The summed E-state index contributed by atoms with van der Waals surface area (Å²) < 4.78 is 12.5. The summed E-state index contributed by atoms with van der Waals surface area (Å²) >= 11 is 6.63. The van der Waals surface area contributed by atoms with Gasteiger partial charge in [-0.1, -0.05) is 42.8 Å². The van der Waals surface area contributed by atoms with Gasteiger partial charge in [0.1, 0.15) is 17.6 Å². The zero-order valence-corrected chi connectivity index (χ0v) is 25.0. The lowest BCUT2D eigenvalue weighted by Crippen LogP contribution is -2.56. The first-order valence-electron chi connectivity index (χ1n) is 14.8. The number of carbonyl (C=O) groups is 3. The second kappa shape index (κ2) is 13.1. The Kier molecular flexibility index (Phi) is 9.98. The summed E-state index contributed by atoms with van der Waals surface area (Å²) in [5.41, 5.74) is -0.618. The summed E-state index contributed by atoms with van der Waals surface area (Å²) in [6.45, 7) is 12.3. The van der Waals surface area contributed by atoms with Gasteiger partial charge in [0, 0.05) is 19.7 Å². The smallest absolute Gasteiger partial charge is 0.312 e. The molecule has 3 fully saturated rings. The van der Waals surface area contributed by atoms with Crippen LogP contribution in [0.1, 0.15) is 63.9 Å². The molecule has 3 aliphatic rings. The molecule has 224 valence electrons. The van der Waals surface area contributed by atoms with Crippen LogP contribution in [0.25, 0.3) is 0 Å². The van der Waals surface area contributed by atoms with Gasteiger partial charge in [-0.3, -0.25) is 14.4 Å². The number of aliphatic hydroxyl groups excluding tert-OH is 1. The number of carbonyl (C=O) groups excluding carboxylic acids is 3. The van der Waals surface area contributed by atoms with Crippen LogP contribution < -0.4 is 4.90 Å². The highest BCUT2D eigenvalue weighted by Crippen LogP contribution is 2.64. The van der Waals surface area contributed by atoms with Gasteiger partial charge < -0.3 is 24.4 Å². The van der Waals surface area contributed by atoms with Crippen molar-refractivity contribution in [3.05, 3.63) is 54.1 Å². The fraction of sp³-hybridized carbons (Fsp3) is 0.594. The summed E-state index contributed by atoms with van der Waals surface area (Å²) in [7, 11) is 0. The number of rotatable bonds is 15. The maximum atomic E-state index is 14.7. The quantitative estimate of drug-likeness (QED) is 0.177. The number of benzene rings is 1. The SMILES string of the molecule is C=CCCCOC(=O)[C@H]1[C@H]2C(=O)N(CCCCCO)C(C(=O)N(CC=C)c3c(C)cccc3Cl)C23CC[C@]1(CC)O3. The van der Waals surface area contributed by atoms with Crippen molar-refractivity contribution in [2.75, 3.05) is 31.2 Å². The van der Waals surface area contributed by atoms with E-state index in [9.17, 15) is 19.5 Å². The number of esters is 1. The van der Waals surface area contributed by atoms with E-state index in [2.05, 4.69) is 13.2 Å². The number of allylic oxidation sites excluding steroid dienone is 1. The number of hydrogen-bond donors (Lipinski definition) is 1. The third kappa shape index (κ3) is 5.46. The van der Waals surface area contributed by atoms with E-state index in [1.807, 2.05) is 26.0 Å². The number of nitrogens with zero attached hydrogens (tertiary/aromatic N) is 2. The molecular weight excluding hydrogens is 544 g/mol. The van der Waals surface area contributed by atoms with E-state index < -0.39 is 35.0 Å².